The Hall–Kier alpha value is -3.67. The number of carbonyl (C=O) groups is 2. The van der Waals surface area contributed by atoms with Crippen molar-refractivity contribution in [2.24, 2.45) is 5.10 Å². The molecule has 4 rings (SSSR count). The summed E-state index contributed by atoms with van der Waals surface area (Å²) in [4.78, 5) is 25.2. The zero-order valence-electron chi connectivity index (χ0n) is 17.5. The van der Waals surface area contributed by atoms with Crippen molar-refractivity contribution >= 4 is 52.1 Å². The Kier molecular flexibility index (Phi) is 6.73. The SMILES string of the molecule is Cc1cccc(C(=O)N/N=C/c2c(OC(=O)c3ccc(Cl)cc3Cl)ccc3ccccc23)c1. The molecule has 33 heavy (non-hydrogen) atoms. The summed E-state index contributed by atoms with van der Waals surface area (Å²) in [6, 6.07) is 22.8. The second-order valence-corrected chi connectivity index (χ2v) is 8.12. The molecule has 4 aromatic carbocycles. The summed E-state index contributed by atoms with van der Waals surface area (Å²) < 4.78 is 5.65. The first kappa shape index (κ1) is 22.5. The van der Waals surface area contributed by atoms with E-state index >= 15 is 0 Å². The van der Waals surface area contributed by atoms with Crippen molar-refractivity contribution in [2.75, 3.05) is 0 Å². The molecular formula is C26H18Cl2N2O3. The lowest BCUT2D eigenvalue weighted by Crippen LogP contribution is -2.18. The highest BCUT2D eigenvalue weighted by molar-refractivity contribution is 6.36. The molecular weight excluding hydrogens is 459 g/mol. The van der Waals surface area contributed by atoms with E-state index in [2.05, 4.69) is 10.5 Å². The number of carbonyl (C=O) groups excluding carboxylic acids is 2. The van der Waals surface area contributed by atoms with Crippen LogP contribution in [0, 0.1) is 6.92 Å². The number of rotatable bonds is 5. The number of nitrogens with one attached hydrogen (secondary N) is 1. The Balaban J connectivity index is 1.64. The molecule has 0 aliphatic rings. The number of hydrogen-bond acceptors (Lipinski definition) is 4. The third kappa shape index (κ3) is 5.22. The van der Waals surface area contributed by atoms with E-state index in [4.69, 9.17) is 27.9 Å². The highest BCUT2D eigenvalue weighted by Gasteiger charge is 2.16. The van der Waals surface area contributed by atoms with Crippen LogP contribution in [0.3, 0.4) is 0 Å². The number of ether oxygens (including phenoxy) is 1. The molecule has 0 saturated heterocycles. The van der Waals surface area contributed by atoms with Crippen molar-refractivity contribution in [3.63, 3.8) is 0 Å². The van der Waals surface area contributed by atoms with Gasteiger partial charge in [-0.05, 0) is 54.1 Å². The predicted molar refractivity (Wildman–Crippen MR) is 132 cm³/mol. The highest BCUT2D eigenvalue weighted by Crippen LogP contribution is 2.29. The van der Waals surface area contributed by atoms with E-state index in [0.29, 0.717) is 16.1 Å². The van der Waals surface area contributed by atoms with Crippen molar-refractivity contribution in [2.45, 2.75) is 6.92 Å². The molecule has 0 aliphatic heterocycles. The van der Waals surface area contributed by atoms with E-state index in [1.165, 1.54) is 18.3 Å². The van der Waals surface area contributed by atoms with Gasteiger partial charge < -0.3 is 4.74 Å². The van der Waals surface area contributed by atoms with Crippen LogP contribution in [-0.2, 0) is 0 Å². The van der Waals surface area contributed by atoms with Crippen LogP contribution in [0.4, 0.5) is 0 Å². The molecule has 4 aromatic rings. The Bertz CT molecular complexity index is 1400. The van der Waals surface area contributed by atoms with Gasteiger partial charge >= 0.3 is 5.97 Å². The molecule has 0 atom stereocenters. The minimum atomic E-state index is -0.634. The third-order valence-electron chi connectivity index (χ3n) is 4.92. The van der Waals surface area contributed by atoms with E-state index in [1.54, 1.807) is 30.3 Å². The van der Waals surface area contributed by atoms with Gasteiger partial charge in [0, 0.05) is 16.1 Å². The van der Waals surface area contributed by atoms with E-state index in [9.17, 15) is 9.59 Å². The Morgan fingerprint density at radius 2 is 1.76 bits per heavy atom. The van der Waals surface area contributed by atoms with Gasteiger partial charge in [0.25, 0.3) is 5.91 Å². The number of aryl methyl sites for hydroxylation is 1. The number of halogens is 2. The zero-order valence-corrected chi connectivity index (χ0v) is 19.0. The number of hydrazone groups is 1. The molecule has 164 valence electrons. The molecule has 1 N–H and O–H groups in total. The van der Waals surface area contributed by atoms with E-state index in [-0.39, 0.29) is 22.2 Å². The van der Waals surface area contributed by atoms with Crippen LogP contribution in [0.5, 0.6) is 5.75 Å². The van der Waals surface area contributed by atoms with Crippen molar-refractivity contribution in [3.05, 3.63) is 111 Å². The molecule has 0 heterocycles. The van der Waals surface area contributed by atoms with Gasteiger partial charge in [0.1, 0.15) is 5.75 Å². The first-order chi connectivity index (χ1) is 15.9. The van der Waals surface area contributed by atoms with Crippen molar-refractivity contribution < 1.29 is 14.3 Å². The summed E-state index contributed by atoms with van der Waals surface area (Å²) in [5, 5.41) is 6.44. The maximum absolute atomic E-state index is 12.8. The number of benzene rings is 4. The summed E-state index contributed by atoms with van der Waals surface area (Å²) in [5.41, 5.74) is 4.71. The minimum absolute atomic E-state index is 0.185. The molecule has 7 heteroatoms. The summed E-state index contributed by atoms with van der Waals surface area (Å²) in [7, 11) is 0. The van der Waals surface area contributed by atoms with Crippen LogP contribution in [0.25, 0.3) is 10.8 Å². The lowest BCUT2D eigenvalue weighted by Gasteiger charge is -2.11. The fourth-order valence-electron chi connectivity index (χ4n) is 3.31. The first-order valence-corrected chi connectivity index (χ1v) is 10.8. The van der Waals surface area contributed by atoms with Crippen molar-refractivity contribution in [3.8, 4) is 5.75 Å². The van der Waals surface area contributed by atoms with Crippen LogP contribution in [0.2, 0.25) is 10.0 Å². The smallest absolute Gasteiger partial charge is 0.345 e. The largest absolute Gasteiger partial charge is 0.422 e. The molecule has 1 amide bonds. The second-order valence-electron chi connectivity index (χ2n) is 7.28. The van der Waals surface area contributed by atoms with Gasteiger partial charge in [-0.2, -0.15) is 5.10 Å². The Morgan fingerprint density at radius 1 is 0.939 bits per heavy atom. The molecule has 0 aromatic heterocycles. The lowest BCUT2D eigenvalue weighted by atomic mass is 10.0. The Morgan fingerprint density at radius 3 is 2.55 bits per heavy atom. The summed E-state index contributed by atoms with van der Waals surface area (Å²) in [5.74, 6) is -0.703. The molecule has 0 spiro atoms. The molecule has 0 aliphatic carbocycles. The van der Waals surface area contributed by atoms with Crippen molar-refractivity contribution in [1.82, 2.24) is 5.43 Å². The fraction of sp³-hybridized carbons (Fsp3) is 0.0385. The van der Waals surface area contributed by atoms with Gasteiger partial charge in [0.05, 0.1) is 16.8 Å². The minimum Gasteiger partial charge on any atom is -0.422 e. The van der Waals surface area contributed by atoms with Gasteiger partial charge in [0.15, 0.2) is 0 Å². The predicted octanol–water partition coefficient (Wildman–Crippen LogP) is 6.44. The van der Waals surface area contributed by atoms with E-state index in [1.807, 2.05) is 43.3 Å². The van der Waals surface area contributed by atoms with Crippen LogP contribution >= 0.6 is 23.2 Å². The lowest BCUT2D eigenvalue weighted by molar-refractivity contribution is 0.0734. The van der Waals surface area contributed by atoms with Gasteiger partial charge in [0.2, 0.25) is 0 Å². The van der Waals surface area contributed by atoms with Gasteiger partial charge in [-0.15, -0.1) is 0 Å². The maximum atomic E-state index is 12.8. The summed E-state index contributed by atoms with van der Waals surface area (Å²) >= 11 is 12.1. The number of hydrogen-bond donors (Lipinski definition) is 1. The number of esters is 1. The van der Waals surface area contributed by atoms with Crippen LogP contribution in [-0.4, -0.2) is 18.1 Å². The molecule has 0 saturated carbocycles. The van der Waals surface area contributed by atoms with Crippen LogP contribution in [0.1, 0.15) is 31.8 Å². The van der Waals surface area contributed by atoms with Gasteiger partial charge in [-0.3, -0.25) is 4.79 Å². The third-order valence-corrected chi connectivity index (χ3v) is 5.47. The second kappa shape index (κ2) is 9.86. The summed E-state index contributed by atoms with van der Waals surface area (Å²) in [6.45, 7) is 1.91. The number of fused-ring (bicyclic) bond motifs is 1. The number of nitrogens with zero attached hydrogens (tertiary/aromatic N) is 1. The fourth-order valence-corrected chi connectivity index (χ4v) is 3.80. The van der Waals surface area contributed by atoms with Gasteiger partial charge in [-0.25, -0.2) is 10.2 Å². The molecule has 0 bridgehead atoms. The quantitative estimate of drug-likeness (QED) is 0.156. The standard InChI is InChI=1S/C26H18Cl2N2O3/c1-16-5-4-7-18(13-16)25(31)30-29-15-22-20-8-3-2-6-17(20)9-12-24(22)33-26(32)21-11-10-19(27)14-23(21)28/h2-15H,1H3,(H,30,31)/b29-15+. The topological polar surface area (TPSA) is 67.8 Å². The molecule has 0 fully saturated rings. The molecule has 5 nitrogen and oxygen atoms in total. The first-order valence-electron chi connectivity index (χ1n) is 10.0. The summed E-state index contributed by atoms with van der Waals surface area (Å²) in [6.07, 6.45) is 1.46. The zero-order chi connectivity index (χ0) is 23.4. The molecule has 0 radical (unpaired) electrons. The van der Waals surface area contributed by atoms with Gasteiger partial charge in [-0.1, -0.05) is 71.2 Å². The van der Waals surface area contributed by atoms with Crippen LogP contribution < -0.4 is 10.2 Å². The van der Waals surface area contributed by atoms with Crippen LogP contribution in [0.15, 0.2) is 84.0 Å². The normalized spacial score (nSPS) is 11.0. The average molecular weight is 477 g/mol. The van der Waals surface area contributed by atoms with E-state index < -0.39 is 5.97 Å². The monoisotopic (exact) mass is 476 g/mol. The number of amides is 1. The van der Waals surface area contributed by atoms with E-state index in [0.717, 1.165) is 16.3 Å². The average Bonchev–Trinajstić information content (AvgIpc) is 2.80. The molecule has 0 unspecified atom stereocenters. The maximum Gasteiger partial charge on any atom is 0.345 e. The highest BCUT2D eigenvalue weighted by atomic mass is 35.5. The Labute approximate surface area is 200 Å². The van der Waals surface area contributed by atoms with Crippen molar-refractivity contribution in [1.29, 1.82) is 0 Å².